The molecule has 9 aliphatic rings. The van der Waals surface area contributed by atoms with Crippen LogP contribution in [0.1, 0.15) is 245 Å². The Morgan fingerprint density at radius 2 is 1.04 bits per heavy atom. The molecule has 8 aliphatic carbocycles. The third kappa shape index (κ3) is 13.2. The number of carbonyl (C=O) groups is 4. The molecule has 0 radical (unpaired) electrons. The van der Waals surface area contributed by atoms with Gasteiger partial charge in [-0.05, 0) is 235 Å². The summed E-state index contributed by atoms with van der Waals surface area (Å²) >= 11 is 0. The Morgan fingerprint density at radius 1 is 0.600 bits per heavy atom. The van der Waals surface area contributed by atoms with Crippen molar-refractivity contribution in [1.82, 2.24) is 0 Å². The van der Waals surface area contributed by atoms with Crippen LogP contribution < -0.4 is 0 Å². The van der Waals surface area contributed by atoms with Crippen molar-refractivity contribution in [3.05, 3.63) is 23.3 Å². The molecule has 9 rings (SSSR count). The van der Waals surface area contributed by atoms with Crippen LogP contribution in [-0.2, 0) is 28.7 Å². The zero-order valence-corrected chi connectivity index (χ0v) is 48.4. The van der Waals surface area contributed by atoms with Crippen LogP contribution in [0.25, 0.3) is 0 Å². The van der Waals surface area contributed by atoms with E-state index >= 15 is 0 Å². The Bertz CT molecular complexity index is 2050. The monoisotopic (exact) mass is 1050 g/mol. The van der Waals surface area contributed by atoms with Gasteiger partial charge in [-0.15, -0.1) is 0 Å². The van der Waals surface area contributed by atoms with Crippen molar-refractivity contribution in [3.8, 4) is 0 Å². The third-order valence-electron chi connectivity index (χ3n) is 23.2. The van der Waals surface area contributed by atoms with Crippen molar-refractivity contribution < 1.29 is 49.1 Å². The van der Waals surface area contributed by atoms with Crippen LogP contribution >= 0.6 is 0 Å². The van der Waals surface area contributed by atoms with Crippen molar-refractivity contribution in [2.24, 2.45) is 92.7 Å². The van der Waals surface area contributed by atoms with Gasteiger partial charge in [-0.1, -0.05) is 100.0 Å². The van der Waals surface area contributed by atoms with Crippen molar-refractivity contribution in [2.75, 3.05) is 0 Å². The molecule has 0 aromatic carbocycles. The van der Waals surface area contributed by atoms with E-state index < -0.39 is 29.1 Å². The van der Waals surface area contributed by atoms with E-state index in [4.69, 9.17) is 9.84 Å². The second kappa shape index (κ2) is 24.0. The summed E-state index contributed by atoms with van der Waals surface area (Å²) in [6, 6.07) is 0. The number of hydrogen-bond acceptors (Lipinski definition) is 9. The summed E-state index contributed by atoms with van der Waals surface area (Å²) in [5, 5.41) is 40.6. The molecule has 2 unspecified atom stereocenters. The summed E-state index contributed by atoms with van der Waals surface area (Å²) in [6.07, 6.45) is 28.4. The normalized spacial score (nSPS) is 41.1. The zero-order valence-electron chi connectivity index (χ0n) is 48.4. The Morgan fingerprint density at radius 3 is 1.43 bits per heavy atom. The lowest BCUT2D eigenvalue weighted by atomic mass is 9.46. The second-order valence-electron chi connectivity index (χ2n) is 28.8. The number of carboxylic acids is 1. The predicted molar refractivity (Wildman–Crippen MR) is 298 cm³/mol. The van der Waals surface area contributed by atoms with Crippen LogP contribution in [0.3, 0.4) is 0 Å². The third-order valence-corrected chi connectivity index (χ3v) is 23.2. The quantitative estimate of drug-likeness (QED) is 0.0747. The van der Waals surface area contributed by atoms with Gasteiger partial charge in [-0.2, -0.15) is 0 Å². The van der Waals surface area contributed by atoms with E-state index in [1.54, 1.807) is 5.57 Å². The first-order valence-corrected chi connectivity index (χ1v) is 30.2. The van der Waals surface area contributed by atoms with Crippen molar-refractivity contribution in [1.29, 1.82) is 0 Å². The smallest absolute Gasteiger partial charge is 0.314 e. The highest BCUT2D eigenvalue weighted by Gasteiger charge is 2.61. The number of carbonyl (C=O) groups excluding carboxylic acids is 3. The fraction of sp³-hybridized carbons (Fsp3) is 0.877. The second-order valence-corrected chi connectivity index (χ2v) is 28.8. The van der Waals surface area contributed by atoms with E-state index in [1.165, 1.54) is 82.6 Å². The van der Waals surface area contributed by atoms with Crippen molar-refractivity contribution in [3.63, 3.8) is 0 Å². The summed E-state index contributed by atoms with van der Waals surface area (Å²) in [7, 11) is 0. The van der Waals surface area contributed by atoms with Gasteiger partial charge < -0.3 is 29.9 Å². The highest BCUT2D eigenvalue weighted by molar-refractivity contribution is 5.92. The molecule has 0 aromatic rings. The lowest BCUT2D eigenvalue weighted by Gasteiger charge is -2.59. The predicted octanol–water partition coefficient (Wildman–Crippen LogP) is 14.4. The molecule has 10 nitrogen and oxygen atoms in total. The summed E-state index contributed by atoms with van der Waals surface area (Å²) in [4.78, 5) is 43.0. The molecule has 75 heavy (non-hydrogen) atoms. The van der Waals surface area contributed by atoms with Crippen LogP contribution in [0, 0.1) is 92.7 Å². The largest absolute Gasteiger partial charge is 0.481 e. The molecule has 18 atom stereocenters. The van der Waals surface area contributed by atoms with Crippen LogP contribution in [0.2, 0.25) is 0 Å². The van der Waals surface area contributed by atoms with Gasteiger partial charge in [0.05, 0.1) is 43.0 Å². The van der Waals surface area contributed by atoms with Gasteiger partial charge in [-0.25, -0.2) is 0 Å². The molecule has 1 aliphatic heterocycles. The molecule has 428 valence electrons. The lowest BCUT2D eigenvalue weighted by molar-refractivity contribution is -0.154. The molecule has 7 fully saturated rings. The van der Waals surface area contributed by atoms with E-state index in [2.05, 4.69) is 86.1 Å². The minimum Gasteiger partial charge on any atom is -0.481 e. The minimum absolute atomic E-state index is 0. The van der Waals surface area contributed by atoms with E-state index in [1.807, 2.05) is 13.8 Å². The average molecular weight is 1050 g/mol. The Hall–Kier alpha value is -2.56. The number of allylic oxidation sites excluding steroid dienone is 2. The number of cyclic esters (lactones) is 2. The topological polar surface area (TPSA) is 168 Å². The molecule has 1 saturated heterocycles. The standard InChI is InChI=1S/C32H52O5.C28H48O2.C4H4O3.CH4/c1-20(2)27(37-29(35)14-13-28(33)34)12-7-21(3)24-10-11-25-23-9-8-22-19-30(4,36)17-18-31(22,5)26(23)15-16-32(24,25)6;1-18(2)25(29)12-7-19(3)22-10-11-23-21-9-8-20-17-26(4,30)15-16-27(20,5)24(21)13-14-28(22,23)6;5-3-1-2-4(6)7-3;/h8,20-21,23-27,36H,7,9-19H2,1-6H3,(H,33,34);8,18-19,21-25,29-30H,7,9-17H2,1-6H3;1-2H2;1H4/t21-,23+,24-,25+,26+,27?,30+,31+,32-;19-,21+,22-,23+,24+,25?,26+,27+,28-;;/m11../s1. The molecule has 10 heteroatoms. The van der Waals surface area contributed by atoms with Gasteiger partial charge in [0.25, 0.3) is 0 Å². The number of aliphatic hydroxyl groups excluding tert-OH is 1. The van der Waals surface area contributed by atoms with Crippen LogP contribution in [0.15, 0.2) is 23.3 Å². The number of hydrogen-bond donors (Lipinski definition) is 4. The molecule has 1 heterocycles. The maximum Gasteiger partial charge on any atom is 0.314 e. The first-order valence-electron chi connectivity index (χ1n) is 30.2. The summed E-state index contributed by atoms with van der Waals surface area (Å²) < 4.78 is 9.81. The van der Waals surface area contributed by atoms with Gasteiger partial charge in [-0.3, -0.25) is 19.2 Å². The summed E-state index contributed by atoms with van der Waals surface area (Å²) in [5.41, 5.74) is 3.56. The molecule has 0 spiro atoms. The Labute approximate surface area is 455 Å². The van der Waals surface area contributed by atoms with E-state index in [9.17, 15) is 34.5 Å². The fourth-order valence-corrected chi connectivity index (χ4v) is 18.6. The SMILES string of the molecule is C.CC(C)C(CC[C@@H](C)[C@H]1CC[C@H]2[C@@H]3CC=C4C[C@@](C)(O)CC[C@]4(C)[C@H]3CC[C@]12C)OC(=O)CCC(=O)O.CC(C)C(O)CC[C@@H](C)[C@H]1CC[C@H]2[C@@H]3CC=C4C[C@@](C)(O)CC[C@]4(C)[C@H]3CC[C@]12C.O=C1CCC(=O)O1. The first-order chi connectivity index (χ1) is 34.5. The van der Waals surface area contributed by atoms with Crippen molar-refractivity contribution >= 4 is 23.9 Å². The highest BCUT2D eigenvalue weighted by Crippen LogP contribution is 2.69. The average Bonchev–Trinajstić information content (AvgIpc) is 4.01. The first kappa shape index (κ1) is 61.6. The van der Waals surface area contributed by atoms with Gasteiger partial charge >= 0.3 is 23.9 Å². The molecule has 0 bridgehead atoms. The van der Waals surface area contributed by atoms with Crippen LogP contribution in [0.4, 0.5) is 0 Å². The fourth-order valence-electron chi connectivity index (χ4n) is 18.6. The van der Waals surface area contributed by atoms with Gasteiger partial charge in [0.1, 0.15) is 6.10 Å². The van der Waals surface area contributed by atoms with E-state index in [0.717, 1.165) is 98.7 Å². The van der Waals surface area contributed by atoms with E-state index in [0.29, 0.717) is 34.0 Å². The number of rotatable bonds is 14. The molecule has 6 saturated carbocycles. The van der Waals surface area contributed by atoms with Gasteiger partial charge in [0.2, 0.25) is 0 Å². The van der Waals surface area contributed by atoms with Crippen molar-refractivity contribution in [2.45, 2.75) is 268 Å². The molecule has 0 amide bonds. The molecule has 4 N–H and O–H groups in total. The maximum absolute atomic E-state index is 12.2. The van der Waals surface area contributed by atoms with E-state index in [-0.39, 0.29) is 62.6 Å². The summed E-state index contributed by atoms with van der Waals surface area (Å²) in [5.74, 6) is 6.15. The molecule has 0 aromatic heterocycles. The minimum atomic E-state index is -0.959. The number of carboxylic acid groups (broad SMARTS) is 1. The number of ether oxygens (including phenoxy) is 2. The zero-order chi connectivity index (χ0) is 54.3. The molecular weight excluding hydrogens is 941 g/mol. The lowest BCUT2D eigenvalue weighted by Crippen LogP contribution is -2.52. The maximum atomic E-state index is 12.2. The highest BCUT2D eigenvalue weighted by atomic mass is 16.6. The number of aliphatic carboxylic acids is 1. The van der Waals surface area contributed by atoms with Crippen LogP contribution in [0.5, 0.6) is 0 Å². The van der Waals surface area contributed by atoms with Gasteiger partial charge in [0, 0.05) is 0 Å². The number of fused-ring (bicyclic) bond motifs is 10. The summed E-state index contributed by atoms with van der Waals surface area (Å²) in [6.45, 7) is 27.7. The Kier molecular flexibility index (Phi) is 19.8. The molecular formula is C65H108O10. The number of aliphatic hydroxyl groups is 3. The Balaban J connectivity index is 0.000000216. The van der Waals surface area contributed by atoms with Crippen LogP contribution in [-0.4, -0.2) is 67.7 Å². The number of esters is 3. The van der Waals surface area contributed by atoms with Gasteiger partial charge in [0.15, 0.2) is 0 Å².